The minimum Gasteiger partial charge on any atom is -0.339 e. The number of carbonyl (C=O) groups excluding carboxylic acids is 1. The maximum absolute atomic E-state index is 13.2. The van der Waals surface area contributed by atoms with Crippen LogP contribution in [0, 0.1) is 0 Å². The minimum absolute atomic E-state index is 0.171. The van der Waals surface area contributed by atoms with Crippen molar-refractivity contribution in [3.05, 3.63) is 36.2 Å². The maximum atomic E-state index is 13.2. The quantitative estimate of drug-likeness (QED) is 0.689. The maximum Gasteiger partial charge on any atom is 0.236 e. The standard InChI is InChI=1S/C23H33N5OS/c1-3-19-11-7-8-16-27(19)22(29)18(2)30-23-25-24-21(17-26-14-9-10-15-26)28(23)20-12-5-4-6-13-20/h4-6,12-13,18-19H,3,7-11,14-17H2,1-2H3/p+1/t18-,19+/m1/s1. The number of benzene rings is 1. The predicted molar refractivity (Wildman–Crippen MR) is 120 cm³/mol. The SMILES string of the molecule is CC[C@H]1CCCCN1C(=O)[C@@H](C)Sc1nnc(C[NH+]2CCCC2)n1-c1ccccc1. The Labute approximate surface area is 184 Å². The summed E-state index contributed by atoms with van der Waals surface area (Å²) < 4.78 is 2.16. The van der Waals surface area contributed by atoms with E-state index in [1.54, 1.807) is 16.7 Å². The molecule has 6 nitrogen and oxygen atoms in total. The van der Waals surface area contributed by atoms with Crippen molar-refractivity contribution >= 4 is 17.7 Å². The van der Waals surface area contributed by atoms with Gasteiger partial charge in [-0.3, -0.25) is 9.36 Å². The van der Waals surface area contributed by atoms with E-state index in [1.165, 1.54) is 32.4 Å². The predicted octanol–water partition coefficient (Wildman–Crippen LogP) is 2.72. The number of para-hydroxylation sites is 1. The van der Waals surface area contributed by atoms with Gasteiger partial charge in [0.15, 0.2) is 11.0 Å². The van der Waals surface area contributed by atoms with Gasteiger partial charge in [0.05, 0.1) is 18.3 Å². The summed E-state index contributed by atoms with van der Waals surface area (Å²) >= 11 is 1.55. The monoisotopic (exact) mass is 428 g/mol. The highest BCUT2D eigenvalue weighted by Gasteiger charge is 2.31. The van der Waals surface area contributed by atoms with E-state index in [9.17, 15) is 4.79 Å². The van der Waals surface area contributed by atoms with Gasteiger partial charge in [-0.1, -0.05) is 36.9 Å². The molecule has 2 fully saturated rings. The summed E-state index contributed by atoms with van der Waals surface area (Å²) in [7, 11) is 0. The van der Waals surface area contributed by atoms with E-state index in [0.717, 1.165) is 49.0 Å². The first-order valence-corrected chi connectivity index (χ1v) is 12.4. The van der Waals surface area contributed by atoms with E-state index in [2.05, 4.69) is 38.7 Å². The molecule has 2 aliphatic heterocycles. The van der Waals surface area contributed by atoms with Crippen LogP contribution in [0.5, 0.6) is 0 Å². The van der Waals surface area contributed by atoms with Crippen LogP contribution in [0.2, 0.25) is 0 Å². The van der Waals surface area contributed by atoms with E-state index in [4.69, 9.17) is 0 Å². The van der Waals surface area contributed by atoms with Crippen molar-refractivity contribution in [2.24, 2.45) is 0 Å². The third kappa shape index (κ3) is 4.72. The Kier molecular flexibility index (Phi) is 7.10. The van der Waals surface area contributed by atoms with Crippen molar-refractivity contribution in [1.82, 2.24) is 19.7 Å². The second kappa shape index (κ2) is 9.96. The summed E-state index contributed by atoms with van der Waals surface area (Å²) in [6.45, 7) is 8.38. The van der Waals surface area contributed by atoms with Crippen LogP contribution in [0.1, 0.15) is 58.2 Å². The first-order chi connectivity index (χ1) is 14.7. The van der Waals surface area contributed by atoms with Crippen LogP contribution in [0.15, 0.2) is 35.5 Å². The van der Waals surface area contributed by atoms with Gasteiger partial charge in [0.1, 0.15) is 6.54 Å². The van der Waals surface area contributed by atoms with E-state index in [0.29, 0.717) is 6.04 Å². The van der Waals surface area contributed by atoms with Gasteiger partial charge in [-0.15, -0.1) is 10.2 Å². The van der Waals surface area contributed by atoms with E-state index in [-0.39, 0.29) is 11.2 Å². The lowest BCUT2D eigenvalue weighted by Crippen LogP contribution is -3.08. The number of aromatic nitrogens is 3. The number of quaternary nitrogens is 1. The highest BCUT2D eigenvalue weighted by Crippen LogP contribution is 2.29. The zero-order valence-electron chi connectivity index (χ0n) is 18.2. The molecule has 1 N–H and O–H groups in total. The molecule has 3 heterocycles. The smallest absolute Gasteiger partial charge is 0.236 e. The highest BCUT2D eigenvalue weighted by atomic mass is 32.2. The molecule has 2 atom stereocenters. The molecule has 0 spiro atoms. The number of nitrogens with one attached hydrogen (secondary N) is 1. The van der Waals surface area contributed by atoms with Crippen LogP contribution >= 0.6 is 11.8 Å². The number of carbonyl (C=O) groups is 1. The number of hydrogen-bond donors (Lipinski definition) is 1. The Balaban J connectivity index is 1.55. The van der Waals surface area contributed by atoms with Crippen LogP contribution in [-0.2, 0) is 11.3 Å². The fourth-order valence-electron chi connectivity index (χ4n) is 4.76. The minimum atomic E-state index is -0.171. The lowest BCUT2D eigenvalue weighted by molar-refractivity contribution is -0.902. The number of thioether (sulfide) groups is 1. The van der Waals surface area contributed by atoms with E-state index in [1.807, 2.05) is 25.1 Å². The van der Waals surface area contributed by atoms with Gasteiger partial charge in [-0.25, -0.2) is 0 Å². The summed E-state index contributed by atoms with van der Waals surface area (Å²) in [6, 6.07) is 10.7. The van der Waals surface area contributed by atoms with Crippen LogP contribution < -0.4 is 4.90 Å². The summed E-state index contributed by atoms with van der Waals surface area (Å²) in [4.78, 5) is 16.9. The molecule has 0 radical (unpaired) electrons. The molecule has 0 aliphatic carbocycles. The second-order valence-electron chi connectivity index (χ2n) is 8.55. The second-order valence-corrected chi connectivity index (χ2v) is 9.86. The van der Waals surface area contributed by atoms with Crippen molar-refractivity contribution in [1.29, 1.82) is 0 Å². The van der Waals surface area contributed by atoms with Crippen molar-refractivity contribution in [2.75, 3.05) is 19.6 Å². The summed E-state index contributed by atoms with van der Waals surface area (Å²) in [6.07, 6.45) is 7.08. The van der Waals surface area contributed by atoms with Crippen molar-refractivity contribution in [3.8, 4) is 5.69 Å². The van der Waals surface area contributed by atoms with Crippen LogP contribution in [-0.4, -0.2) is 56.5 Å². The summed E-state index contributed by atoms with van der Waals surface area (Å²) in [5.74, 6) is 1.23. The number of amides is 1. The molecule has 7 heteroatoms. The molecule has 2 saturated heterocycles. The number of rotatable bonds is 7. The van der Waals surface area contributed by atoms with Crippen molar-refractivity contribution in [3.63, 3.8) is 0 Å². The van der Waals surface area contributed by atoms with Crippen molar-refractivity contribution < 1.29 is 9.69 Å². The molecule has 0 unspecified atom stereocenters. The molecule has 2 aromatic rings. The van der Waals surface area contributed by atoms with Gasteiger partial charge in [0, 0.05) is 31.1 Å². The molecule has 162 valence electrons. The normalized spacial score (nSPS) is 21.1. The van der Waals surface area contributed by atoms with Crippen LogP contribution in [0.25, 0.3) is 5.69 Å². The van der Waals surface area contributed by atoms with Crippen LogP contribution in [0.3, 0.4) is 0 Å². The van der Waals surface area contributed by atoms with Gasteiger partial charge in [-0.2, -0.15) is 0 Å². The molecule has 4 rings (SSSR count). The fraction of sp³-hybridized carbons (Fsp3) is 0.609. The molecular weight excluding hydrogens is 394 g/mol. The Bertz CT molecular complexity index is 833. The summed E-state index contributed by atoms with van der Waals surface area (Å²) in [5.41, 5.74) is 1.07. The van der Waals surface area contributed by atoms with E-state index < -0.39 is 0 Å². The lowest BCUT2D eigenvalue weighted by atomic mass is 10.00. The number of hydrogen-bond acceptors (Lipinski definition) is 4. The number of nitrogens with zero attached hydrogens (tertiary/aromatic N) is 4. The summed E-state index contributed by atoms with van der Waals surface area (Å²) in [5, 5.41) is 9.74. The molecule has 0 saturated carbocycles. The lowest BCUT2D eigenvalue weighted by Gasteiger charge is -2.36. The third-order valence-electron chi connectivity index (χ3n) is 6.44. The molecule has 1 aromatic heterocycles. The third-order valence-corrected chi connectivity index (χ3v) is 7.48. The molecule has 30 heavy (non-hydrogen) atoms. The average molecular weight is 429 g/mol. The van der Waals surface area contributed by atoms with Gasteiger partial charge >= 0.3 is 0 Å². The first-order valence-electron chi connectivity index (χ1n) is 11.5. The zero-order valence-corrected chi connectivity index (χ0v) is 19.0. The number of likely N-dealkylation sites (tertiary alicyclic amines) is 2. The molecule has 0 bridgehead atoms. The zero-order chi connectivity index (χ0) is 20.9. The van der Waals surface area contributed by atoms with Gasteiger partial charge in [0.25, 0.3) is 0 Å². The van der Waals surface area contributed by atoms with Gasteiger partial charge < -0.3 is 9.80 Å². The highest BCUT2D eigenvalue weighted by molar-refractivity contribution is 8.00. The Hall–Kier alpha value is -1.86. The van der Waals surface area contributed by atoms with E-state index >= 15 is 0 Å². The van der Waals surface area contributed by atoms with Crippen molar-refractivity contribution in [2.45, 2.75) is 75.4 Å². The fourth-order valence-corrected chi connectivity index (χ4v) is 5.72. The molecule has 1 amide bonds. The average Bonchev–Trinajstić information content (AvgIpc) is 3.44. The molecule has 2 aliphatic rings. The van der Waals surface area contributed by atoms with Crippen LogP contribution in [0.4, 0.5) is 0 Å². The first kappa shape index (κ1) is 21.4. The topological polar surface area (TPSA) is 55.5 Å². The Morgan fingerprint density at radius 1 is 1.17 bits per heavy atom. The Morgan fingerprint density at radius 3 is 2.67 bits per heavy atom. The number of piperidine rings is 1. The molecular formula is C23H34N5OS+. The largest absolute Gasteiger partial charge is 0.339 e. The van der Waals surface area contributed by atoms with Gasteiger partial charge in [-0.05, 0) is 44.7 Å². The Morgan fingerprint density at radius 2 is 1.93 bits per heavy atom. The van der Waals surface area contributed by atoms with Gasteiger partial charge in [0.2, 0.25) is 5.91 Å². The molecule has 1 aromatic carbocycles.